The van der Waals surface area contributed by atoms with Gasteiger partial charge in [-0.1, -0.05) is 34.8 Å². The van der Waals surface area contributed by atoms with Gasteiger partial charge in [0.2, 0.25) is 0 Å². The van der Waals surface area contributed by atoms with E-state index in [0.29, 0.717) is 27.2 Å². The topological polar surface area (TPSA) is 58.6 Å². The van der Waals surface area contributed by atoms with Crippen LogP contribution in [0.2, 0.25) is 10.0 Å². The van der Waals surface area contributed by atoms with E-state index in [2.05, 4.69) is 5.32 Å². The summed E-state index contributed by atoms with van der Waals surface area (Å²) in [6.07, 6.45) is 0. The van der Waals surface area contributed by atoms with Crippen LogP contribution in [0.15, 0.2) is 47.1 Å². The van der Waals surface area contributed by atoms with Crippen molar-refractivity contribution in [2.24, 2.45) is 0 Å². The molecular weight excluding hydrogens is 399 g/mol. The quantitative estimate of drug-likeness (QED) is 0.738. The first-order valence-electron chi connectivity index (χ1n) is 7.48. The number of benzene rings is 2. The van der Waals surface area contributed by atoms with Crippen LogP contribution in [0, 0.1) is 6.92 Å². The molecule has 1 N–H and O–H groups in total. The fraction of sp³-hybridized carbons (Fsp3) is 0.111. The molecule has 0 saturated heterocycles. The Kier molecular flexibility index (Phi) is 5.14. The van der Waals surface area contributed by atoms with E-state index >= 15 is 0 Å². The highest BCUT2D eigenvalue weighted by Crippen LogP contribution is 2.35. The largest absolute Gasteiger partial charge is 0.495 e. The van der Waals surface area contributed by atoms with Gasteiger partial charge in [-0.15, -0.1) is 0 Å². The Balaban J connectivity index is 1.96. The Morgan fingerprint density at radius 3 is 2.27 bits per heavy atom. The van der Waals surface area contributed by atoms with Crippen LogP contribution in [-0.2, 0) is 9.59 Å². The first kappa shape index (κ1) is 18.6. The minimum absolute atomic E-state index is 0.0355. The van der Waals surface area contributed by atoms with Crippen LogP contribution in [0.1, 0.15) is 5.56 Å². The SMILES string of the molecule is COc1cc(Cl)c(C)cc1NC1=C(Cl)C(=O)N(c2ccc(Cl)cc2)C1=O. The summed E-state index contributed by atoms with van der Waals surface area (Å²) in [7, 11) is 1.48. The number of anilines is 2. The molecule has 0 saturated carbocycles. The summed E-state index contributed by atoms with van der Waals surface area (Å²) >= 11 is 18.1. The third-order valence-corrected chi connectivity index (χ3v) is 4.86. The van der Waals surface area contributed by atoms with Gasteiger partial charge < -0.3 is 10.1 Å². The first-order valence-corrected chi connectivity index (χ1v) is 8.62. The molecule has 26 heavy (non-hydrogen) atoms. The Morgan fingerprint density at radius 1 is 1.00 bits per heavy atom. The molecule has 134 valence electrons. The van der Waals surface area contributed by atoms with Crippen LogP contribution in [0.4, 0.5) is 11.4 Å². The molecule has 1 heterocycles. The molecule has 1 aliphatic heterocycles. The van der Waals surface area contributed by atoms with Gasteiger partial charge in [-0.05, 0) is 42.8 Å². The monoisotopic (exact) mass is 410 g/mol. The molecule has 0 spiro atoms. The standard InChI is InChI=1S/C18H13Cl3N2O3/c1-9-7-13(14(26-2)8-12(9)20)22-16-15(21)17(24)23(18(16)25)11-5-3-10(19)4-6-11/h3-8,22H,1-2H3. The Morgan fingerprint density at radius 2 is 1.65 bits per heavy atom. The number of ether oxygens (including phenoxy) is 1. The van der Waals surface area contributed by atoms with E-state index in [-0.39, 0.29) is 10.7 Å². The minimum Gasteiger partial charge on any atom is -0.495 e. The Hall–Kier alpha value is -2.21. The lowest BCUT2D eigenvalue weighted by Crippen LogP contribution is -2.32. The van der Waals surface area contributed by atoms with Crippen molar-refractivity contribution in [3.05, 3.63) is 62.7 Å². The summed E-state index contributed by atoms with van der Waals surface area (Å²) < 4.78 is 5.28. The second kappa shape index (κ2) is 7.19. The summed E-state index contributed by atoms with van der Waals surface area (Å²) in [5.74, 6) is -0.772. The number of imide groups is 1. The molecule has 3 rings (SSSR count). The molecule has 0 fully saturated rings. The average molecular weight is 412 g/mol. The number of carbonyl (C=O) groups is 2. The molecule has 0 bridgehead atoms. The van der Waals surface area contributed by atoms with Gasteiger partial charge in [0.15, 0.2) is 0 Å². The first-order chi connectivity index (χ1) is 12.3. The third-order valence-electron chi connectivity index (χ3n) is 3.85. The van der Waals surface area contributed by atoms with E-state index in [1.165, 1.54) is 7.11 Å². The average Bonchev–Trinajstić information content (AvgIpc) is 2.82. The number of nitrogens with one attached hydrogen (secondary N) is 1. The predicted molar refractivity (Wildman–Crippen MR) is 103 cm³/mol. The zero-order valence-electron chi connectivity index (χ0n) is 13.8. The van der Waals surface area contributed by atoms with Gasteiger partial charge in [-0.2, -0.15) is 0 Å². The number of rotatable bonds is 4. The van der Waals surface area contributed by atoms with Crippen molar-refractivity contribution in [3.63, 3.8) is 0 Å². The lowest BCUT2D eigenvalue weighted by molar-refractivity contribution is -0.120. The molecule has 0 unspecified atom stereocenters. The van der Waals surface area contributed by atoms with Crippen molar-refractivity contribution in [1.82, 2.24) is 0 Å². The highest BCUT2D eigenvalue weighted by atomic mass is 35.5. The van der Waals surface area contributed by atoms with Crippen LogP contribution in [-0.4, -0.2) is 18.9 Å². The molecule has 1 aliphatic rings. The summed E-state index contributed by atoms with van der Waals surface area (Å²) in [5, 5.41) is 3.70. The van der Waals surface area contributed by atoms with Crippen molar-refractivity contribution >= 4 is 58.0 Å². The molecule has 2 amide bonds. The van der Waals surface area contributed by atoms with Gasteiger partial charge in [0.25, 0.3) is 11.8 Å². The maximum absolute atomic E-state index is 12.8. The lowest BCUT2D eigenvalue weighted by Gasteiger charge is -2.16. The molecule has 0 atom stereocenters. The van der Waals surface area contributed by atoms with Gasteiger partial charge in [0.1, 0.15) is 16.5 Å². The zero-order chi connectivity index (χ0) is 19.0. The number of hydrogen-bond donors (Lipinski definition) is 1. The Labute approximate surface area is 165 Å². The van der Waals surface area contributed by atoms with Crippen molar-refractivity contribution in [2.75, 3.05) is 17.3 Å². The van der Waals surface area contributed by atoms with Crippen molar-refractivity contribution in [1.29, 1.82) is 0 Å². The van der Waals surface area contributed by atoms with Gasteiger partial charge in [-0.3, -0.25) is 9.59 Å². The Bertz CT molecular complexity index is 939. The van der Waals surface area contributed by atoms with Gasteiger partial charge in [0, 0.05) is 16.1 Å². The fourth-order valence-electron chi connectivity index (χ4n) is 2.50. The molecule has 0 aliphatic carbocycles. The van der Waals surface area contributed by atoms with E-state index in [9.17, 15) is 9.59 Å². The van der Waals surface area contributed by atoms with E-state index < -0.39 is 11.8 Å². The van der Waals surface area contributed by atoms with Crippen LogP contribution in [0.25, 0.3) is 0 Å². The van der Waals surface area contributed by atoms with Gasteiger partial charge in [-0.25, -0.2) is 4.90 Å². The maximum atomic E-state index is 12.8. The smallest absolute Gasteiger partial charge is 0.283 e. The zero-order valence-corrected chi connectivity index (χ0v) is 16.0. The van der Waals surface area contributed by atoms with E-state index in [1.54, 1.807) is 36.4 Å². The summed E-state index contributed by atoms with van der Waals surface area (Å²) in [6.45, 7) is 1.81. The molecule has 5 nitrogen and oxygen atoms in total. The highest BCUT2D eigenvalue weighted by molar-refractivity contribution is 6.53. The summed E-state index contributed by atoms with van der Waals surface area (Å²) in [6, 6.07) is 9.63. The normalized spacial score (nSPS) is 14.3. The number of carbonyl (C=O) groups excluding carboxylic acids is 2. The van der Waals surface area contributed by atoms with Crippen molar-refractivity contribution in [2.45, 2.75) is 6.92 Å². The van der Waals surface area contributed by atoms with E-state index in [1.807, 2.05) is 6.92 Å². The summed E-state index contributed by atoms with van der Waals surface area (Å²) in [4.78, 5) is 26.2. The van der Waals surface area contributed by atoms with Crippen LogP contribution < -0.4 is 15.0 Å². The number of halogens is 3. The third kappa shape index (κ3) is 3.26. The minimum atomic E-state index is -0.619. The van der Waals surface area contributed by atoms with Crippen LogP contribution >= 0.6 is 34.8 Å². The van der Waals surface area contributed by atoms with Gasteiger partial charge >= 0.3 is 0 Å². The number of aryl methyl sites for hydroxylation is 1. The molecule has 0 aromatic heterocycles. The number of methoxy groups -OCH3 is 1. The summed E-state index contributed by atoms with van der Waals surface area (Å²) in [5.41, 5.74) is 1.59. The number of amides is 2. The number of hydrogen-bond acceptors (Lipinski definition) is 4. The second-order valence-electron chi connectivity index (χ2n) is 5.54. The van der Waals surface area contributed by atoms with Crippen LogP contribution in [0.3, 0.4) is 0 Å². The second-order valence-corrected chi connectivity index (χ2v) is 6.76. The molecular formula is C18H13Cl3N2O3. The van der Waals surface area contributed by atoms with Crippen LogP contribution in [0.5, 0.6) is 5.75 Å². The lowest BCUT2D eigenvalue weighted by atomic mass is 10.2. The fourth-order valence-corrected chi connectivity index (χ4v) is 2.99. The number of nitrogens with zero attached hydrogens (tertiary/aromatic N) is 1. The maximum Gasteiger partial charge on any atom is 0.283 e. The molecule has 8 heteroatoms. The van der Waals surface area contributed by atoms with E-state index in [0.717, 1.165) is 10.5 Å². The van der Waals surface area contributed by atoms with Crippen molar-refractivity contribution < 1.29 is 14.3 Å². The van der Waals surface area contributed by atoms with Crippen molar-refractivity contribution in [3.8, 4) is 5.75 Å². The molecule has 0 radical (unpaired) electrons. The van der Waals surface area contributed by atoms with E-state index in [4.69, 9.17) is 39.5 Å². The highest BCUT2D eigenvalue weighted by Gasteiger charge is 2.39. The predicted octanol–water partition coefficient (Wildman–Crippen LogP) is 4.75. The molecule has 2 aromatic carbocycles. The molecule has 2 aromatic rings. The van der Waals surface area contributed by atoms with Gasteiger partial charge in [0.05, 0.1) is 18.5 Å².